The van der Waals surface area contributed by atoms with Crippen molar-refractivity contribution < 1.29 is 4.74 Å². The third kappa shape index (κ3) is 1.93. The summed E-state index contributed by atoms with van der Waals surface area (Å²) in [6.45, 7) is 7.19. The summed E-state index contributed by atoms with van der Waals surface area (Å²) in [5, 5.41) is 0. The molecule has 1 heteroatoms. The van der Waals surface area contributed by atoms with Gasteiger partial charge in [-0.2, -0.15) is 0 Å². The van der Waals surface area contributed by atoms with E-state index in [9.17, 15) is 0 Å². The minimum Gasteiger partial charge on any atom is -0.374 e. The Hall–Kier alpha value is -0.560. The van der Waals surface area contributed by atoms with Gasteiger partial charge in [0.1, 0.15) is 0 Å². The standard InChI is InChI=1S/C10H16O/c1-4-11-9-7-5-6-8-10(9,2)3/h5-9H,4H2,1-3H3. The molecule has 1 rings (SSSR count). The number of rotatable bonds is 2. The van der Waals surface area contributed by atoms with Gasteiger partial charge in [0.25, 0.3) is 0 Å². The van der Waals surface area contributed by atoms with Crippen LogP contribution in [0.5, 0.6) is 0 Å². The van der Waals surface area contributed by atoms with Gasteiger partial charge in [-0.05, 0) is 6.92 Å². The second kappa shape index (κ2) is 3.22. The van der Waals surface area contributed by atoms with Crippen molar-refractivity contribution in [1.29, 1.82) is 0 Å². The van der Waals surface area contributed by atoms with Gasteiger partial charge in [-0.3, -0.25) is 0 Å². The van der Waals surface area contributed by atoms with Crippen LogP contribution in [0.4, 0.5) is 0 Å². The first-order valence-corrected chi connectivity index (χ1v) is 4.14. The van der Waals surface area contributed by atoms with Gasteiger partial charge in [0.15, 0.2) is 0 Å². The number of allylic oxidation sites excluding steroid dienone is 2. The Kier molecular flexibility index (Phi) is 2.50. The zero-order chi connectivity index (χ0) is 8.32. The summed E-state index contributed by atoms with van der Waals surface area (Å²) in [6.07, 6.45) is 8.68. The van der Waals surface area contributed by atoms with Crippen LogP contribution in [0, 0.1) is 5.41 Å². The molecule has 1 aliphatic carbocycles. The highest BCUT2D eigenvalue weighted by molar-refractivity contribution is 5.19. The number of hydrogen-bond acceptors (Lipinski definition) is 1. The van der Waals surface area contributed by atoms with Crippen LogP contribution in [0.25, 0.3) is 0 Å². The molecule has 1 nitrogen and oxygen atoms in total. The lowest BCUT2D eigenvalue weighted by Crippen LogP contribution is -2.29. The first-order chi connectivity index (χ1) is 5.17. The Bertz CT molecular complexity index is 177. The van der Waals surface area contributed by atoms with Crippen LogP contribution in [-0.2, 0) is 4.74 Å². The van der Waals surface area contributed by atoms with Gasteiger partial charge < -0.3 is 4.74 Å². The molecular weight excluding hydrogens is 136 g/mol. The average molecular weight is 152 g/mol. The summed E-state index contributed by atoms with van der Waals surface area (Å²) in [7, 11) is 0. The smallest absolute Gasteiger partial charge is 0.0844 e. The molecule has 62 valence electrons. The zero-order valence-corrected chi connectivity index (χ0v) is 7.50. The van der Waals surface area contributed by atoms with Gasteiger partial charge in [-0.1, -0.05) is 38.2 Å². The Morgan fingerprint density at radius 1 is 1.36 bits per heavy atom. The first-order valence-electron chi connectivity index (χ1n) is 4.14. The van der Waals surface area contributed by atoms with Crippen LogP contribution in [0.3, 0.4) is 0 Å². The monoisotopic (exact) mass is 152 g/mol. The molecule has 1 unspecified atom stereocenters. The average Bonchev–Trinajstić information content (AvgIpc) is 1.94. The third-order valence-corrected chi connectivity index (χ3v) is 2.00. The fraction of sp³-hybridized carbons (Fsp3) is 0.600. The van der Waals surface area contributed by atoms with Gasteiger partial charge in [0, 0.05) is 12.0 Å². The van der Waals surface area contributed by atoms with Crippen molar-refractivity contribution in [3.63, 3.8) is 0 Å². The van der Waals surface area contributed by atoms with Gasteiger partial charge in [-0.25, -0.2) is 0 Å². The van der Waals surface area contributed by atoms with E-state index in [1.165, 1.54) is 0 Å². The van der Waals surface area contributed by atoms with Crippen LogP contribution in [0.1, 0.15) is 20.8 Å². The number of hydrogen-bond donors (Lipinski definition) is 0. The summed E-state index contributed by atoms with van der Waals surface area (Å²) in [6, 6.07) is 0. The van der Waals surface area contributed by atoms with Gasteiger partial charge in [0.2, 0.25) is 0 Å². The molecule has 0 heterocycles. The van der Waals surface area contributed by atoms with Gasteiger partial charge in [-0.15, -0.1) is 0 Å². The van der Waals surface area contributed by atoms with Crippen LogP contribution in [0.2, 0.25) is 0 Å². The van der Waals surface area contributed by atoms with Crippen LogP contribution in [-0.4, -0.2) is 12.7 Å². The SMILES string of the molecule is CCOC1C=CC=CC1(C)C. The molecule has 0 saturated carbocycles. The van der Waals surface area contributed by atoms with Crippen LogP contribution < -0.4 is 0 Å². The lowest BCUT2D eigenvalue weighted by molar-refractivity contribution is 0.0343. The zero-order valence-electron chi connectivity index (χ0n) is 7.50. The molecule has 0 aliphatic heterocycles. The van der Waals surface area contributed by atoms with Crippen molar-refractivity contribution in [1.82, 2.24) is 0 Å². The molecule has 1 atom stereocenters. The fourth-order valence-electron chi connectivity index (χ4n) is 1.26. The summed E-state index contributed by atoms with van der Waals surface area (Å²) in [4.78, 5) is 0. The normalized spacial score (nSPS) is 27.4. The number of ether oxygens (including phenoxy) is 1. The minimum atomic E-state index is 0.157. The quantitative estimate of drug-likeness (QED) is 0.591. The maximum absolute atomic E-state index is 5.56. The molecule has 0 aromatic carbocycles. The minimum absolute atomic E-state index is 0.157. The lowest BCUT2D eigenvalue weighted by Gasteiger charge is -2.30. The molecule has 1 aliphatic rings. The van der Waals surface area contributed by atoms with E-state index in [-0.39, 0.29) is 11.5 Å². The van der Waals surface area contributed by atoms with E-state index in [1.54, 1.807) is 0 Å². The Morgan fingerprint density at radius 2 is 2.09 bits per heavy atom. The highest BCUT2D eigenvalue weighted by Crippen LogP contribution is 2.28. The molecule has 0 N–H and O–H groups in total. The Labute approximate surface area is 68.8 Å². The summed E-state index contributed by atoms with van der Waals surface area (Å²) in [5.74, 6) is 0. The molecular formula is C10H16O. The highest BCUT2D eigenvalue weighted by atomic mass is 16.5. The van der Waals surface area contributed by atoms with Crippen molar-refractivity contribution in [2.24, 2.45) is 5.41 Å². The van der Waals surface area contributed by atoms with E-state index in [2.05, 4.69) is 32.1 Å². The summed E-state index contributed by atoms with van der Waals surface area (Å²) < 4.78 is 5.56. The van der Waals surface area contributed by atoms with E-state index in [0.717, 1.165) is 6.61 Å². The van der Waals surface area contributed by atoms with Gasteiger partial charge in [0.05, 0.1) is 6.10 Å². The summed E-state index contributed by atoms with van der Waals surface area (Å²) in [5.41, 5.74) is 0.157. The third-order valence-electron chi connectivity index (χ3n) is 2.00. The molecule has 0 amide bonds. The van der Waals surface area contributed by atoms with E-state index in [0.29, 0.717) is 0 Å². The van der Waals surface area contributed by atoms with E-state index < -0.39 is 0 Å². The van der Waals surface area contributed by atoms with Crippen molar-refractivity contribution in [3.8, 4) is 0 Å². The van der Waals surface area contributed by atoms with Crippen molar-refractivity contribution >= 4 is 0 Å². The van der Waals surface area contributed by atoms with Crippen LogP contribution >= 0.6 is 0 Å². The Balaban J connectivity index is 2.64. The second-order valence-corrected chi connectivity index (χ2v) is 3.44. The topological polar surface area (TPSA) is 9.23 Å². The maximum Gasteiger partial charge on any atom is 0.0844 e. The molecule has 0 fully saturated rings. The van der Waals surface area contributed by atoms with E-state index >= 15 is 0 Å². The van der Waals surface area contributed by atoms with Crippen LogP contribution in [0.15, 0.2) is 24.3 Å². The van der Waals surface area contributed by atoms with Crippen molar-refractivity contribution in [2.75, 3.05) is 6.61 Å². The maximum atomic E-state index is 5.56. The fourth-order valence-corrected chi connectivity index (χ4v) is 1.26. The second-order valence-electron chi connectivity index (χ2n) is 3.44. The van der Waals surface area contributed by atoms with Crippen molar-refractivity contribution in [3.05, 3.63) is 24.3 Å². The lowest BCUT2D eigenvalue weighted by atomic mass is 9.83. The van der Waals surface area contributed by atoms with Crippen molar-refractivity contribution in [2.45, 2.75) is 26.9 Å². The van der Waals surface area contributed by atoms with Gasteiger partial charge >= 0.3 is 0 Å². The Morgan fingerprint density at radius 3 is 2.64 bits per heavy atom. The molecule has 11 heavy (non-hydrogen) atoms. The molecule has 0 spiro atoms. The molecule has 0 saturated heterocycles. The molecule has 0 aromatic heterocycles. The van der Waals surface area contributed by atoms with E-state index in [1.807, 2.05) is 13.0 Å². The predicted molar refractivity (Wildman–Crippen MR) is 47.5 cm³/mol. The molecule has 0 bridgehead atoms. The highest BCUT2D eigenvalue weighted by Gasteiger charge is 2.26. The summed E-state index contributed by atoms with van der Waals surface area (Å²) >= 11 is 0. The largest absolute Gasteiger partial charge is 0.374 e. The predicted octanol–water partition coefficient (Wildman–Crippen LogP) is 2.54. The van der Waals surface area contributed by atoms with E-state index in [4.69, 9.17) is 4.74 Å². The molecule has 0 radical (unpaired) electrons. The molecule has 0 aromatic rings. The first kappa shape index (κ1) is 8.54.